The van der Waals surface area contributed by atoms with Crippen molar-refractivity contribution in [3.63, 3.8) is 0 Å². The molecule has 182 valence electrons. The number of anilines is 1. The van der Waals surface area contributed by atoms with E-state index in [0.29, 0.717) is 0 Å². The maximum absolute atomic E-state index is 11.9. The number of nitrogen functional groups attached to an aromatic ring is 1. The lowest BCUT2D eigenvalue weighted by Gasteiger charge is -2.45. The summed E-state index contributed by atoms with van der Waals surface area (Å²) in [5.74, 6) is -3.95. The summed E-state index contributed by atoms with van der Waals surface area (Å²) >= 11 is 0. The second-order valence-corrected chi connectivity index (χ2v) is 7.22. The zero-order chi connectivity index (χ0) is 25.0. The number of primary amides is 1. The number of rotatable bonds is 7. The lowest BCUT2D eigenvalue weighted by atomic mass is 9.97. The lowest BCUT2D eigenvalue weighted by Crippen LogP contribution is -2.60. The summed E-state index contributed by atoms with van der Waals surface area (Å²) in [6.07, 6.45) is -6.64. The van der Waals surface area contributed by atoms with E-state index in [9.17, 15) is 24.0 Å². The van der Waals surface area contributed by atoms with Crippen LogP contribution in [-0.2, 0) is 42.9 Å². The minimum Gasteiger partial charge on any atom is -0.463 e. The molecular formula is C19H26N4O10. The third-order valence-electron chi connectivity index (χ3n) is 4.58. The molecule has 0 bridgehead atoms. The smallest absolute Gasteiger partial charge is 0.303 e. The summed E-state index contributed by atoms with van der Waals surface area (Å²) in [6.45, 7) is 5.54. The molecule has 1 amide bonds. The van der Waals surface area contributed by atoms with E-state index < -0.39 is 67.0 Å². The number of aryl methyl sites for hydroxylation is 1. The number of nitrogens with two attached hydrogens (primary N) is 2. The van der Waals surface area contributed by atoms with Gasteiger partial charge in [-0.1, -0.05) is 0 Å². The highest BCUT2D eigenvalue weighted by Gasteiger charge is 2.53. The highest BCUT2D eigenvalue weighted by molar-refractivity contribution is 5.95. The average molecular weight is 470 g/mol. The van der Waals surface area contributed by atoms with E-state index in [1.54, 1.807) is 0 Å². The maximum Gasteiger partial charge on any atom is 0.303 e. The van der Waals surface area contributed by atoms with Gasteiger partial charge in [-0.25, -0.2) is 4.98 Å². The number of nitrogens with zero attached hydrogens (tertiary/aromatic N) is 2. The third-order valence-corrected chi connectivity index (χ3v) is 4.58. The summed E-state index contributed by atoms with van der Waals surface area (Å²) in [4.78, 5) is 62.7. The van der Waals surface area contributed by atoms with Crippen LogP contribution in [0.15, 0.2) is 0 Å². The molecule has 0 saturated carbocycles. The molecule has 0 spiro atoms. The molecule has 33 heavy (non-hydrogen) atoms. The fourth-order valence-corrected chi connectivity index (χ4v) is 3.48. The molecule has 1 fully saturated rings. The second kappa shape index (κ2) is 10.3. The van der Waals surface area contributed by atoms with Crippen LogP contribution in [0, 0.1) is 6.92 Å². The molecule has 1 saturated heterocycles. The molecule has 14 heteroatoms. The first-order valence-corrected chi connectivity index (χ1v) is 9.78. The van der Waals surface area contributed by atoms with Crippen LogP contribution in [0.3, 0.4) is 0 Å². The van der Waals surface area contributed by atoms with E-state index >= 15 is 0 Å². The summed E-state index contributed by atoms with van der Waals surface area (Å²) in [7, 11) is 0. The number of esters is 4. The quantitative estimate of drug-likeness (QED) is 0.369. The van der Waals surface area contributed by atoms with Crippen LogP contribution in [-0.4, -0.2) is 70.4 Å². The molecule has 2 rings (SSSR count). The molecule has 0 aromatic carbocycles. The van der Waals surface area contributed by atoms with Crippen molar-refractivity contribution in [3.05, 3.63) is 11.5 Å². The SMILES string of the molecule is CC(=O)OC[C@H]1O[C@@H](n2c(C)nc(C(N)=O)c2N)[C@H](OC(C)=O)[C@@H](OC(C)=O)[C@@H]1OC(C)=O. The van der Waals surface area contributed by atoms with Gasteiger partial charge in [-0.15, -0.1) is 0 Å². The molecule has 5 atom stereocenters. The van der Waals surface area contributed by atoms with E-state index in [0.717, 1.165) is 27.7 Å². The summed E-state index contributed by atoms with van der Waals surface area (Å²) < 4.78 is 28.3. The Morgan fingerprint density at radius 1 is 0.909 bits per heavy atom. The van der Waals surface area contributed by atoms with Gasteiger partial charge in [0.15, 0.2) is 30.2 Å². The highest BCUT2D eigenvalue weighted by atomic mass is 16.7. The first-order valence-electron chi connectivity index (χ1n) is 9.78. The molecule has 0 aliphatic carbocycles. The number of carbonyl (C=O) groups excluding carboxylic acids is 5. The van der Waals surface area contributed by atoms with E-state index in [4.69, 9.17) is 35.2 Å². The van der Waals surface area contributed by atoms with E-state index in [1.165, 1.54) is 11.5 Å². The number of imidazole rings is 1. The molecular weight excluding hydrogens is 444 g/mol. The van der Waals surface area contributed by atoms with Crippen molar-refractivity contribution in [3.8, 4) is 0 Å². The molecule has 1 aliphatic rings. The van der Waals surface area contributed by atoms with Gasteiger partial charge in [0.2, 0.25) is 0 Å². The largest absolute Gasteiger partial charge is 0.463 e. The van der Waals surface area contributed by atoms with Gasteiger partial charge in [0.1, 0.15) is 24.4 Å². The minimum atomic E-state index is -1.40. The summed E-state index contributed by atoms with van der Waals surface area (Å²) in [5, 5.41) is 0. The summed E-state index contributed by atoms with van der Waals surface area (Å²) in [6, 6.07) is 0. The molecule has 0 radical (unpaired) electrons. The van der Waals surface area contributed by atoms with Crippen LogP contribution in [0.25, 0.3) is 0 Å². The predicted octanol–water partition coefficient (Wildman–Crippen LogP) is -0.872. The molecule has 4 N–H and O–H groups in total. The summed E-state index contributed by atoms with van der Waals surface area (Å²) in [5.41, 5.74) is 11.1. The van der Waals surface area contributed by atoms with Crippen molar-refractivity contribution in [1.29, 1.82) is 0 Å². The van der Waals surface area contributed by atoms with Crippen LogP contribution in [0.2, 0.25) is 0 Å². The Balaban J connectivity index is 2.66. The van der Waals surface area contributed by atoms with Gasteiger partial charge >= 0.3 is 23.9 Å². The highest BCUT2D eigenvalue weighted by Crippen LogP contribution is 2.37. The zero-order valence-electron chi connectivity index (χ0n) is 18.7. The molecule has 2 heterocycles. The first-order chi connectivity index (χ1) is 15.3. The van der Waals surface area contributed by atoms with Gasteiger partial charge < -0.3 is 35.2 Å². The third kappa shape index (κ3) is 5.97. The van der Waals surface area contributed by atoms with Gasteiger partial charge in [0.25, 0.3) is 5.91 Å². The number of amides is 1. The normalized spacial score (nSPS) is 24.5. The van der Waals surface area contributed by atoms with Crippen LogP contribution in [0.4, 0.5) is 5.82 Å². The van der Waals surface area contributed by atoms with Crippen molar-refractivity contribution in [2.45, 2.75) is 65.3 Å². The maximum atomic E-state index is 11.9. The molecule has 0 unspecified atom stereocenters. The Morgan fingerprint density at radius 2 is 1.42 bits per heavy atom. The van der Waals surface area contributed by atoms with Gasteiger partial charge in [-0.3, -0.25) is 28.5 Å². The lowest BCUT2D eigenvalue weighted by molar-refractivity contribution is -0.268. The monoisotopic (exact) mass is 470 g/mol. The number of hydrogen-bond donors (Lipinski definition) is 2. The Bertz CT molecular complexity index is 959. The molecule has 1 aromatic rings. The minimum absolute atomic E-state index is 0.155. The standard InChI is InChI=1S/C19H26N4O10/c1-7-22-13(18(21)28)17(20)23(7)19-16(32-11(5)27)15(31-10(4)26)14(30-9(3)25)12(33-19)6-29-8(2)24/h12,14-16,19H,6,20H2,1-5H3,(H2,21,28)/t12-,14-,15+,16-,19-/m1/s1. The Hall–Kier alpha value is -3.68. The van der Waals surface area contributed by atoms with Gasteiger partial charge in [-0.05, 0) is 6.92 Å². The predicted molar refractivity (Wildman–Crippen MR) is 107 cm³/mol. The van der Waals surface area contributed by atoms with Crippen LogP contribution < -0.4 is 11.5 Å². The number of hydrogen-bond acceptors (Lipinski definition) is 12. The fraction of sp³-hybridized carbons (Fsp3) is 0.579. The van der Waals surface area contributed by atoms with Crippen LogP contribution >= 0.6 is 0 Å². The number of ether oxygens (including phenoxy) is 5. The second-order valence-electron chi connectivity index (χ2n) is 7.22. The number of carbonyl (C=O) groups is 5. The fourth-order valence-electron chi connectivity index (χ4n) is 3.48. The van der Waals surface area contributed by atoms with Gasteiger partial charge in [0, 0.05) is 27.7 Å². The van der Waals surface area contributed by atoms with E-state index in [-0.39, 0.29) is 17.3 Å². The molecule has 1 aliphatic heterocycles. The van der Waals surface area contributed by atoms with Crippen LogP contribution in [0.5, 0.6) is 0 Å². The van der Waals surface area contributed by atoms with Crippen molar-refractivity contribution in [1.82, 2.24) is 9.55 Å². The Kier molecular flexibility index (Phi) is 7.98. The average Bonchev–Trinajstić information content (AvgIpc) is 2.97. The first kappa shape index (κ1) is 25.6. The van der Waals surface area contributed by atoms with Crippen molar-refractivity contribution in [2.24, 2.45) is 5.73 Å². The van der Waals surface area contributed by atoms with Gasteiger partial charge in [-0.2, -0.15) is 0 Å². The Morgan fingerprint density at radius 3 is 1.88 bits per heavy atom. The number of aromatic nitrogens is 2. The van der Waals surface area contributed by atoms with Gasteiger partial charge in [0.05, 0.1) is 0 Å². The van der Waals surface area contributed by atoms with Crippen LogP contribution in [0.1, 0.15) is 50.2 Å². The topological polar surface area (TPSA) is 201 Å². The van der Waals surface area contributed by atoms with Crippen molar-refractivity contribution < 1.29 is 47.7 Å². The molecule has 14 nitrogen and oxygen atoms in total. The van der Waals surface area contributed by atoms with E-state index in [2.05, 4.69) is 4.98 Å². The molecule has 1 aromatic heterocycles. The van der Waals surface area contributed by atoms with Crippen molar-refractivity contribution in [2.75, 3.05) is 12.3 Å². The Labute approximate surface area is 188 Å². The van der Waals surface area contributed by atoms with E-state index in [1.807, 2.05) is 0 Å². The van der Waals surface area contributed by atoms with Crippen molar-refractivity contribution >= 4 is 35.6 Å². The zero-order valence-corrected chi connectivity index (χ0v) is 18.7.